The number of carbonyl (C=O) groups excluding carboxylic acids is 1. The summed E-state index contributed by atoms with van der Waals surface area (Å²) in [6, 6.07) is 0. The van der Waals surface area contributed by atoms with E-state index in [1.54, 1.807) is 0 Å². The van der Waals surface area contributed by atoms with Crippen LogP contribution in [0.3, 0.4) is 0 Å². The Morgan fingerprint density at radius 2 is 1.86 bits per heavy atom. The third-order valence-electron chi connectivity index (χ3n) is 4.84. The average Bonchev–Trinajstić information content (AvgIpc) is 2.52. The minimum Gasteiger partial charge on any atom is -0.379 e. The van der Waals surface area contributed by atoms with Crippen LogP contribution < -0.4 is 5.32 Å². The minimum absolute atomic E-state index is 0. The normalized spacial score (nSPS) is 22.3. The lowest BCUT2D eigenvalue weighted by molar-refractivity contribution is -0.122. The second kappa shape index (κ2) is 9.65. The predicted molar refractivity (Wildman–Crippen MR) is 88.0 cm³/mol. The second-order valence-electron chi connectivity index (χ2n) is 6.26. The zero-order chi connectivity index (χ0) is 14.3. The number of nitrogens with one attached hydrogen (secondary N) is 1. The van der Waals surface area contributed by atoms with E-state index in [1.165, 1.54) is 32.1 Å². The first-order chi connectivity index (χ1) is 9.77. The third-order valence-corrected chi connectivity index (χ3v) is 4.84. The van der Waals surface area contributed by atoms with Crippen molar-refractivity contribution in [3.63, 3.8) is 0 Å². The Balaban J connectivity index is 0.00000220. The number of halogens is 1. The van der Waals surface area contributed by atoms with Gasteiger partial charge in [0.2, 0.25) is 5.91 Å². The van der Waals surface area contributed by atoms with E-state index >= 15 is 0 Å². The zero-order valence-corrected chi connectivity index (χ0v) is 14.2. The highest BCUT2D eigenvalue weighted by Gasteiger charge is 2.38. The SMILES string of the molecule is CCCCC(=O)NCC1(N2CCOCC2)CCCCC1.Cl. The fourth-order valence-electron chi connectivity index (χ4n) is 3.54. The van der Waals surface area contributed by atoms with Crippen LogP contribution in [0.15, 0.2) is 0 Å². The van der Waals surface area contributed by atoms with Crippen LogP contribution in [0.25, 0.3) is 0 Å². The van der Waals surface area contributed by atoms with E-state index in [2.05, 4.69) is 17.1 Å². The number of rotatable bonds is 6. The zero-order valence-electron chi connectivity index (χ0n) is 13.4. The van der Waals surface area contributed by atoms with Gasteiger partial charge in [0.25, 0.3) is 0 Å². The highest BCUT2D eigenvalue weighted by molar-refractivity contribution is 5.85. The van der Waals surface area contributed by atoms with E-state index in [0.29, 0.717) is 6.42 Å². The quantitative estimate of drug-likeness (QED) is 0.818. The van der Waals surface area contributed by atoms with Gasteiger partial charge in [0.1, 0.15) is 0 Å². The van der Waals surface area contributed by atoms with Gasteiger partial charge in [-0.15, -0.1) is 12.4 Å². The molecule has 0 aromatic carbocycles. The van der Waals surface area contributed by atoms with Crippen molar-refractivity contribution in [1.82, 2.24) is 10.2 Å². The van der Waals surface area contributed by atoms with E-state index in [0.717, 1.165) is 45.7 Å². The molecule has 5 heteroatoms. The number of morpholine rings is 1. The van der Waals surface area contributed by atoms with Gasteiger partial charge >= 0.3 is 0 Å². The summed E-state index contributed by atoms with van der Waals surface area (Å²) in [4.78, 5) is 14.5. The first-order valence-electron chi connectivity index (χ1n) is 8.36. The summed E-state index contributed by atoms with van der Waals surface area (Å²) in [5.41, 5.74) is 0.198. The fourth-order valence-corrected chi connectivity index (χ4v) is 3.54. The van der Waals surface area contributed by atoms with Crippen LogP contribution in [-0.4, -0.2) is 49.2 Å². The molecule has 0 aromatic rings. The number of hydrogen-bond donors (Lipinski definition) is 1. The summed E-state index contributed by atoms with van der Waals surface area (Å²) in [6.45, 7) is 6.67. The molecule has 1 heterocycles. The minimum atomic E-state index is 0. The Morgan fingerprint density at radius 3 is 2.48 bits per heavy atom. The fraction of sp³-hybridized carbons (Fsp3) is 0.938. The number of amides is 1. The molecule has 0 bridgehead atoms. The molecule has 0 spiro atoms. The largest absolute Gasteiger partial charge is 0.379 e. The molecule has 1 saturated heterocycles. The average molecular weight is 319 g/mol. The van der Waals surface area contributed by atoms with E-state index in [4.69, 9.17) is 4.74 Å². The Kier molecular flexibility index (Phi) is 8.60. The summed E-state index contributed by atoms with van der Waals surface area (Å²) < 4.78 is 5.49. The Bertz CT molecular complexity index is 301. The number of ether oxygens (including phenoxy) is 1. The molecule has 1 amide bonds. The molecule has 0 unspecified atom stereocenters. The Labute approximate surface area is 135 Å². The second-order valence-corrected chi connectivity index (χ2v) is 6.26. The van der Waals surface area contributed by atoms with Crippen molar-refractivity contribution in [2.24, 2.45) is 0 Å². The van der Waals surface area contributed by atoms with Crippen molar-refractivity contribution in [2.45, 2.75) is 63.8 Å². The maximum atomic E-state index is 11.9. The van der Waals surface area contributed by atoms with Crippen molar-refractivity contribution in [3.8, 4) is 0 Å². The van der Waals surface area contributed by atoms with Crippen LogP contribution in [0.1, 0.15) is 58.3 Å². The van der Waals surface area contributed by atoms with Crippen LogP contribution in [0.2, 0.25) is 0 Å². The molecule has 4 nitrogen and oxygen atoms in total. The van der Waals surface area contributed by atoms with Gasteiger partial charge in [-0.2, -0.15) is 0 Å². The topological polar surface area (TPSA) is 41.6 Å². The smallest absolute Gasteiger partial charge is 0.220 e. The molecule has 2 rings (SSSR count). The molecular weight excluding hydrogens is 288 g/mol. The van der Waals surface area contributed by atoms with Crippen molar-refractivity contribution in [1.29, 1.82) is 0 Å². The van der Waals surface area contributed by atoms with Crippen molar-refractivity contribution in [2.75, 3.05) is 32.8 Å². The monoisotopic (exact) mass is 318 g/mol. The van der Waals surface area contributed by atoms with Crippen LogP contribution >= 0.6 is 12.4 Å². The molecule has 2 aliphatic rings. The van der Waals surface area contributed by atoms with E-state index < -0.39 is 0 Å². The first kappa shape index (κ1) is 18.7. The molecule has 1 aliphatic heterocycles. The molecule has 1 N–H and O–H groups in total. The molecule has 0 atom stereocenters. The van der Waals surface area contributed by atoms with Crippen LogP contribution in [-0.2, 0) is 9.53 Å². The van der Waals surface area contributed by atoms with Gasteiger partial charge in [-0.1, -0.05) is 32.6 Å². The van der Waals surface area contributed by atoms with E-state index in [9.17, 15) is 4.79 Å². The lowest BCUT2D eigenvalue weighted by atomic mass is 9.79. The predicted octanol–water partition coefficient (Wildman–Crippen LogP) is 2.75. The summed E-state index contributed by atoms with van der Waals surface area (Å²) in [7, 11) is 0. The molecular formula is C16H31ClN2O2. The van der Waals surface area contributed by atoms with Crippen LogP contribution in [0, 0.1) is 0 Å². The van der Waals surface area contributed by atoms with Crippen LogP contribution in [0.5, 0.6) is 0 Å². The highest BCUT2D eigenvalue weighted by Crippen LogP contribution is 2.33. The van der Waals surface area contributed by atoms with Gasteiger partial charge in [-0.3, -0.25) is 9.69 Å². The number of unbranched alkanes of at least 4 members (excludes halogenated alkanes) is 1. The summed E-state index contributed by atoms with van der Waals surface area (Å²) in [5, 5.41) is 3.20. The van der Waals surface area contributed by atoms with Gasteiger partial charge in [0.05, 0.1) is 13.2 Å². The number of nitrogens with zero attached hydrogens (tertiary/aromatic N) is 1. The number of carbonyl (C=O) groups is 1. The molecule has 2 fully saturated rings. The van der Waals surface area contributed by atoms with Crippen LogP contribution in [0.4, 0.5) is 0 Å². The highest BCUT2D eigenvalue weighted by atomic mass is 35.5. The van der Waals surface area contributed by atoms with Crippen molar-refractivity contribution < 1.29 is 9.53 Å². The van der Waals surface area contributed by atoms with E-state index in [1.807, 2.05) is 0 Å². The summed E-state index contributed by atoms with van der Waals surface area (Å²) in [5.74, 6) is 0.227. The maximum absolute atomic E-state index is 11.9. The summed E-state index contributed by atoms with van der Waals surface area (Å²) >= 11 is 0. The molecule has 124 valence electrons. The van der Waals surface area contributed by atoms with Crippen molar-refractivity contribution >= 4 is 18.3 Å². The Hall–Kier alpha value is -0.320. The molecule has 21 heavy (non-hydrogen) atoms. The lowest BCUT2D eigenvalue weighted by Crippen LogP contribution is -2.59. The molecule has 0 aromatic heterocycles. The lowest BCUT2D eigenvalue weighted by Gasteiger charge is -2.48. The maximum Gasteiger partial charge on any atom is 0.220 e. The van der Waals surface area contributed by atoms with Gasteiger partial charge in [0, 0.05) is 31.6 Å². The Morgan fingerprint density at radius 1 is 1.19 bits per heavy atom. The van der Waals surface area contributed by atoms with Crippen molar-refractivity contribution in [3.05, 3.63) is 0 Å². The third kappa shape index (κ3) is 5.42. The number of hydrogen-bond acceptors (Lipinski definition) is 3. The molecule has 1 aliphatic carbocycles. The van der Waals surface area contributed by atoms with Gasteiger partial charge < -0.3 is 10.1 Å². The summed E-state index contributed by atoms with van der Waals surface area (Å²) in [6.07, 6.45) is 9.14. The van der Waals surface area contributed by atoms with Gasteiger partial charge in [-0.25, -0.2) is 0 Å². The molecule has 0 radical (unpaired) electrons. The van der Waals surface area contributed by atoms with E-state index in [-0.39, 0.29) is 23.9 Å². The first-order valence-corrected chi connectivity index (χ1v) is 8.36. The molecule has 1 saturated carbocycles. The van der Waals surface area contributed by atoms with Gasteiger partial charge in [0.15, 0.2) is 0 Å². The van der Waals surface area contributed by atoms with Gasteiger partial charge in [-0.05, 0) is 19.3 Å². The standard InChI is InChI=1S/C16H30N2O2.ClH/c1-2-3-7-15(19)17-14-16(8-5-4-6-9-16)18-10-12-20-13-11-18;/h2-14H2,1H3,(H,17,19);1H.